The molecule has 2 aromatic heterocycles. The van der Waals surface area contributed by atoms with Gasteiger partial charge < -0.3 is 5.32 Å². The van der Waals surface area contributed by atoms with Gasteiger partial charge in [-0.15, -0.1) is 11.3 Å². The average Bonchev–Trinajstić information content (AvgIpc) is 2.79. The molecule has 4 nitrogen and oxygen atoms in total. The van der Waals surface area contributed by atoms with Crippen LogP contribution in [0.2, 0.25) is 0 Å². The Morgan fingerprint density at radius 3 is 2.94 bits per heavy atom. The number of thiazole rings is 1. The minimum atomic E-state index is 0.345. The van der Waals surface area contributed by atoms with Gasteiger partial charge in [0.05, 0.1) is 5.69 Å². The van der Waals surface area contributed by atoms with Crippen LogP contribution < -0.4 is 5.32 Å². The molecule has 0 aliphatic rings. The van der Waals surface area contributed by atoms with E-state index < -0.39 is 0 Å². The van der Waals surface area contributed by atoms with E-state index in [0.29, 0.717) is 6.04 Å². The van der Waals surface area contributed by atoms with Gasteiger partial charge in [0.1, 0.15) is 17.0 Å². The van der Waals surface area contributed by atoms with Gasteiger partial charge in [0.25, 0.3) is 0 Å². The number of nitrogens with zero attached hydrogens (tertiary/aromatic N) is 3. The van der Waals surface area contributed by atoms with Crippen LogP contribution in [0, 0.1) is 6.92 Å². The summed E-state index contributed by atoms with van der Waals surface area (Å²) in [4.78, 5) is 14.1. The van der Waals surface area contributed by atoms with Gasteiger partial charge in [-0.1, -0.05) is 6.92 Å². The zero-order valence-corrected chi connectivity index (χ0v) is 11.8. The highest BCUT2D eigenvalue weighted by Crippen LogP contribution is 2.30. The Bertz CT molecular complexity index is 495. The van der Waals surface area contributed by atoms with Crippen LogP contribution in [-0.2, 0) is 0 Å². The van der Waals surface area contributed by atoms with Crippen molar-refractivity contribution in [1.82, 2.24) is 20.3 Å². The van der Waals surface area contributed by atoms with Gasteiger partial charge in [-0.25, -0.2) is 15.0 Å². The highest BCUT2D eigenvalue weighted by atomic mass is 32.1. The molecule has 1 unspecified atom stereocenters. The van der Waals surface area contributed by atoms with Gasteiger partial charge >= 0.3 is 0 Å². The van der Waals surface area contributed by atoms with Gasteiger partial charge in [0.2, 0.25) is 0 Å². The maximum absolute atomic E-state index is 4.60. The summed E-state index contributed by atoms with van der Waals surface area (Å²) in [7, 11) is 0. The second-order valence-corrected chi connectivity index (χ2v) is 5.27. The zero-order valence-electron chi connectivity index (χ0n) is 11.0. The topological polar surface area (TPSA) is 50.7 Å². The highest BCUT2D eigenvalue weighted by molar-refractivity contribution is 7.15. The molecule has 0 bridgehead atoms. The molecular formula is C13H18N4S. The molecule has 0 fully saturated rings. The molecule has 5 heteroatoms. The summed E-state index contributed by atoms with van der Waals surface area (Å²) >= 11 is 1.71. The first kappa shape index (κ1) is 13.1. The predicted octanol–water partition coefficient (Wildman–Crippen LogP) is 2.97. The maximum atomic E-state index is 4.60. The van der Waals surface area contributed by atoms with Crippen molar-refractivity contribution in [1.29, 1.82) is 0 Å². The van der Waals surface area contributed by atoms with Gasteiger partial charge in [-0.3, -0.25) is 0 Å². The molecule has 0 amide bonds. The summed E-state index contributed by atoms with van der Waals surface area (Å²) < 4.78 is 0. The Balaban J connectivity index is 2.22. The van der Waals surface area contributed by atoms with E-state index in [1.165, 1.54) is 4.88 Å². The lowest BCUT2D eigenvalue weighted by Crippen LogP contribution is -2.18. The van der Waals surface area contributed by atoms with Crippen LogP contribution in [0.15, 0.2) is 18.6 Å². The van der Waals surface area contributed by atoms with Crippen LogP contribution >= 0.6 is 11.3 Å². The fourth-order valence-corrected chi connectivity index (χ4v) is 2.86. The second-order valence-electron chi connectivity index (χ2n) is 4.24. The van der Waals surface area contributed by atoms with Crippen LogP contribution in [0.3, 0.4) is 0 Å². The maximum Gasteiger partial charge on any atom is 0.142 e. The Hall–Kier alpha value is -1.33. The molecule has 2 heterocycles. The minimum absolute atomic E-state index is 0.345. The number of nitrogens with one attached hydrogen (secondary N) is 1. The molecule has 0 radical (unpaired) electrons. The average molecular weight is 262 g/mol. The lowest BCUT2D eigenvalue weighted by molar-refractivity contribution is 0.575. The molecule has 0 aromatic carbocycles. The lowest BCUT2D eigenvalue weighted by Gasteiger charge is -2.11. The number of rotatable bonds is 5. The summed E-state index contributed by atoms with van der Waals surface area (Å²) in [6.45, 7) is 7.44. The van der Waals surface area contributed by atoms with E-state index in [9.17, 15) is 0 Å². The normalized spacial score (nSPS) is 12.6. The smallest absolute Gasteiger partial charge is 0.142 e. The van der Waals surface area contributed by atoms with Crippen molar-refractivity contribution in [2.45, 2.75) is 33.2 Å². The largest absolute Gasteiger partial charge is 0.309 e. The predicted molar refractivity (Wildman–Crippen MR) is 74.6 cm³/mol. The number of aromatic nitrogens is 3. The summed E-state index contributed by atoms with van der Waals surface area (Å²) in [5, 5.41) is 4.46. The van der Waals surface area contributed by atoms with Gasteiger partial charge in [0, 0.05) is 17.1 Å². The fraction of sp³-hybridized carbons (Fsp3) is 0.462. The molecule has 0 saturated heterocycles. The van der Waals surface area contributed by atoms with Gasteiger partial charge in [-0.2, -0.15) is 0 Å². The van der Waals surface area contributed by atoms with Crippen LogP contribution in [0.4, 0.5) is 0 Å². The summed E-state index contributed by atoms with van der Waals surface area (Å²) in [5.74, 6) is 0. The molecule has 0 saturated carbocycles. The Morgan fingerprint density at radius 1 is 1.44 bits per heavy atom. The summed E-state index contributed by atoms with van der Waals surface area (Å²) in [5.41, 5.74) is 1.98. The van der Waals surface area contributed by atoms with Crippen molar-refractivity contribution >= 4 is 11.3 Å². The van der Waals surface area contributed by atoms with Gasteiger partial charge in [0.15, 0.2) is 0 Å². The number of hydrogen-bond acceptors (Lipinski definition) is 5. The first-order chi connectivity index (χ1) is 8.72. The van der Waals surface area contributed by atoms with E-state index in [2.05, 4.69) is 41.0 Å². The molecule has 1 atom stereocenters. The van der Waals surface area contributed by atoms with E-state index >= 15 is 0 Å². The molecule has 0 aliphatic heterocycles. The van der Waals surface area contributed by atoms with Crippen molar-refractivity contribution < 1.29 is 0 Å². The summed E-state index contributed by atoms with van der Waals surface area (Å²) in [6, 6.07) is 2.24. The third-order valence-corrected chi connectivity index (χ3v) is 4.09. The van der Waals surface area contributed by atoms with E-state index in [1.807, 2.05) is 6.07 Å². The second kappa shape index (κ2) is 6.02. The van der Waals surface area contributed by atoms with E-state index in [-0.39, 0.29) is 0 Å². The van der Waals surface area contributed by atoms with Crippen LogP contribution in [0.1, 0.15) is 36.9 Å². The highest BCUT2D eigenvalue weighted by Gasteiger charge is 2.15. The minimum Gasteiger partial charge on any atom is -0.309 e. The Kier molecular flexibility index (Phi) is 4.38. The SMILES string of the molecule is CCCNC(C)c1sc(-c2ccncn2)nc1C. The van der Waals surface area contributed by atoms with Crippen LogP contribution in [0.5, 0.6) is 0 Å². The molecule has 2 rings (SSSR count). The van der Waals surface area contributed by atoms with Crippen molar-refractivity contribution in [3.05, 3.63) is 29.2 Å². The third kappa shape index (κ3) is 2.91. The quantitative estimate of drug-likeness (QED) is 0.900. The van der Waals surface area contributed by atoms with Crippen molar-refractivity contribution in [2.24, 2.45) is 0 Å². The third-order valence-electron chi connectivity index (χ3n) is 2.73. The number of aryl methyl sites for hydroxylation is 1. The fourth-order valence-electron chi connectivity index (χ4n) is 1.79. The van der Waals surface area contributed by atoms with Crippen molar-refractivity contribution in [3.8, 4) is 10.7 Å². The standard InChI is InChI=1S/C13H18N4S/c1-4-6-15-9(2)12-10(3)17-13(18-12)11-5-7-14-8-16-11/h5,7-9,15H,4,6H2,1-3H3. The summed E-state index contributed by atoms with van der Waals surface area (Å²) in [6.07, 6.45) is 4.45. The van der Waals surface area contributed by atoms with Crippen molar-refractivity contribution in [3.63, 3.8) is 0 Å². The molecule has 18 heavy (non-hydrogen) atoms. The lowest BCUT2D eigenvalue weighted by atomic mass is 10.2. The molecule has 1 N–H and O–H groups in total. The van der Waals surface area contributed by atoms with E-state index in [1.54, 1.807) is 23.9 Å². The van der Waals surface area contributed by atoms with Gasteiger partial charge in [-0.05, 0) is 32.9 Å². The van der Waals surface area contributed by atoms with E-state index in [4.69, 9.17) is 0 Å². The van der Waals surface area contributed by atoms with Crippen LogP contribution in [-0.4, -0.2) is 21.5 Å². The molecule has 96 valence electrons. The first-order valence-corrected chi connectivity index (χ1v) is 7.01. The zero-order chi connectivity index (χ0) is 13.0. The van der Waals surface area contributed by atoms with E-state index in [0.717, 1.165) is 29.4 Å². The van der Waals surface area contributed by atoms with Crippen LogP contribution in [0.25, 0.3) is 10.7 Å². The molecular weight excluding hydrogens is 244 g/mol. The van der Waals surface area contributed by atoms with Crippen molar-refractivity contribution in [2.75, 3.05) is 6.54 Å². The first-order valence-electron chi connectivity index (χ1n) is 6.19. The molecule has 2 aromatic rings. The monoisotopic (exact) mass is 262 g/mol. The molecule has 0 spiro atoms. The Labute approximate surface area is 112 Å². The molecule has 0 aliphatic carbocycles. The number of hydrogen-bond donors (Lipinski definition) is 1. The Morgan fingerprint density at radius 2 is 2.28 bits per heavy atom.